The van der Waals surface area contributed by atoms with E-state index in [1.54, 1.807) is 0 Å². The Morgan fingerprint density at radius 3 is 2.67 bits per heavy atom. The third-order valence-electron chi connectivity index (χ3n) is 5.26. The van der Waals surface area contributed by atoms with Gasteiger partial charge in [-0.15, -0.1) is 24.0 Å². The Labute approximate surface area is 198 Å². The van der Waals surface area contributed by atoms with Gasteiger partial charge in [-0.25, -0.2) is 0 Å². The van der Waals surface area contributed by atoms with Gasteiger partial charge in [0, 0.05) is 38.6 Å². The Balaban J connectivity index is 0.00000450. The molecule has 0 spiro atoms. The third-order valence-corrected chi connectivity index (χ3v) is 5.26. The van der Waals surface area contributed by atoms with Crippen LogP contribution in [0.15, 0.2) is 29.3 Å². The van der Waals surface area contributed by atoms with Crippen LogP contribution >= 0.6 is 24.0 Å². The molecule has 1 heterocycles. The second kappa shape index (κ2) is 15.5. The first-order valence-electron chi connectivity index (χ1n) is 10.9. The lowest BCUT2D eigenvalue weighted by Gasteiger charge is -2.31. The van der Waals surface area contributed by atoms with Crippen LogP contribution in [0, 0.1) is 12.8 Å². The van der Waals surface area contributed by atoms with E-state index in [1.807, 2.05) is 0 Å². The normalized spacial score (nSPS) is 19.0. The largest absolute Gasteiger partial charge is 0.469 e. The first-order valence-corrected chi connectivity index (χ1v) is 10.9. The summed E-state index contributed by atoms with van der Waals surface area (Å²) in [6, 6.07) is 8.67. The monoisotopic (exact) mass is 531 g/mol. The van der Waals surface area contributed by atoms with Crippen LogP contribution in [0.3, 0.4) is 0 Å². The Bertz CT molecular complexity index is 637. The number of carbonyl (C=O) groups is 1. The predicted molar refractivity (Wildman–Crippen MR) is 132 cm³/mol. The zero-order valence-electron chi connectivity index (χ0n) is 18.6. The maximum atomic E-state index is 11.1. The van der Waals surface area contributed by atoms with Gasteiger partial charge in [0.05, 0.1) is 13.2 Å². The van der Waals surface area contributed by atoms with E-state index in [0.717, 1.165) is 64.3 Å². The molecule has 0 radical (unpaired) electrons. The van der Waals surface area contributed by atoms with Crippen molar-refractivity contribution in [2.75, 3.05) is 33.4 Å². The molecule has 30 heavy (non-hydrogen) atoms. The van der Waals surface area contributed by atoms with Crippen molar-refractivity contribution in [3.8, 4) is 0 Å². The first kappa shape index (κ1) is 26.7. The quantitative estimate of drug-likeness (QED) is 0.154. The highest BCUT2D eigenvalue weighted by Gasteiger charge is 2.27. The van der Waals surface area contributed by atoms with Crippen molar-refractivity contribution in [2.24, 2.45) is 10.9 Å². The van der Waals surface area contributed by atoms with Crippen molar-refractivity contribution in [3.05, 3.63) is 35.4 Å². The van der Waals surface area contributed by atoms with Gasteiger partial charge in [0.15, 0.2) is 5.96 Å². The lowest BCUT2D eigenvalue weighted by atomic mass is 9.89. The molecule has 0 amide bonds. The minimum absolute atomic E-state index is 0. The fourth-order valence-corrected chi connectivity index (χ4v) is 3.59. The number of aliphatic imine (C=N–C) groups is 1. The molecule has 170 valence electrons. The number of unbranched alkanes of at least 4 members (excludes halogenated alkanes) is 2. The lowest BCUT2D eigenvalue weighted by molar-refractivity contribution is -0.140. The second-order valence-corrected chi connectivity index (χ2v) is 7.64. The van der Waals surface area contributed by atoms with Crippen LogP contribution < -0.4 is 10.6 Å². The fraction of sp³-hybridized carbons (Fsp3) is 0.652. The average Bonchev–Trinajstić information content (AvgIpc) is 2.75. The molecule has 7 heteroatoms. The third kappa shape index (κ3) is 9.64. The van der Waals surface area contributed by atoms with Gasteiger partial charge in [-0.1, -0.05) is 36.2 Å². The number of hydrogen-bond donors (Lipinski definition) is 2. The minimum Gasteiger partial charge on any atom is -0.469 e. The topological polar surface area (TPSA) is 72.0 Å². The second-order valence-electron chi connectivity index (χ2n) is 7.64. The molecule has 6 nitrogen and oxygen atoms in total. The van der Waals surface area contributed by atoms with E-state index >= 15 is 0 Å². The summed E-state index contributed by atoms with van der Waals surface area (Å²) in [4.78, 5) is 16.0. The van der Waals surface area contributed by atoms with Crippen molar-refractivity contribution >= 4 is 35.9 Å². The summed E-state index contributed by atoms with van der Waals surface area (Å²) < 4.78 is 10.8. The van der Waals surface area contributed by atoms with Gasteiger partial charge in [-0.05, 0) is 45.1 Å². The van der Waals surface area contributed by atoms with Gasteiger partial charge in [0.1, 0.15) is 0 Å². The fourth-order valence-electron chi connectivity index (χ4n) is 3.59. The van der Waals surface area contributed by atoms with E-state index in [2.05, 4.69) is 53.5 Å². The number of esters is 1. The Morgan fingerprint density at radius 1 is 1.20 bits per heavy atom. The van der Waals surface area contributed by atoms with Crippen LogP contribution in [-0.2, 0) is 14.3 Å². The Kier molecular flexibility index (Phi) is 13.7. The summed E-state index contributed by atoms with van der Waals surface area (Å²) in [5, 5.41) is 6.73. The zero-order valence-corrected chi connectivity index (χ0v) is 20.9. The van der Waals surface area contributed by atoms with Gasteiger partial charge in [0.25, 0.3) is 0 Å². The molecular formula is C23H38IN3O3. The standard InChI is InChI=1S/C23H37N3O3.HI/c1-4-24-23(25-15-7-5-6-10-21(27)28-3)26-17-20-9-8-16-29-22(20)19-13-11-18(2)12-14-19;/h11-14,20,22H,4-10,15-17H2,1-3H3,(H2,24,25,26);1H. The Hall–Kier alpha value is -1.35. The molecule has 2 rings (SSSR count). The number of carbonyl (C=O) groups excluding carboxylic acids is 1. The maximum absolute atomic E-state index is 11.1. The van der Waals surface area contributed by atoms with E-state index in [1.165, 1.54) is 18.2 Å². The van der Waals surface area contributed by atoms with Crippen LogP contribution in [0.5, 0.6) is 0 Å². The highest BCUT2D eigenvalue weighted by molar-refractivity contribution is 14.0. The number of aryl methyl sites for hydroxylation is 1. The first-order chi connectivity index (χ1) is 14.1. The van der Waals surface area contributed by atoms with Crippen LogP contribution in [-0.4, -0.2) is 45.3 Å². The molecule has 2 unspecified atom stereocenters. The number of rotatable bonds is 10. The van der Waals surface area contributed by atoms with Crippen LogP contribution in [0.25, 0.3) is 0 Å². The van der Waals surface area contributed by atoms with Crippen LogP contribution in [0.2, 0.25) is 0 Å². The highest BCUT2D eigenvalue weighted by Crippen LogP contribution is 2.33. The van der Waals surface area contributed by atoms with Gasteiger partial charge in [-0.3, -0.25) is 9.79 Å². The van der Waals surface area contributed by atoms with Crippen molar-refractivity contribution in [3.63, 3.8) is 0 Å². The predicted octanol–water partition coefficient (Wildman–Crippen LogP) is 4.37. The van der Waals surface area contributed by atoms with Crippen molar-refractivity contribution in [2.45, 2.75) is 58.5 Å². The number of benzene rings is 1. The summed E-state index contributed by atoms with van der Waals surface area (Å²) in [7, 11) is 1.43. The number of nitrogens with one attached hydrogen (secondary N) is 2. The molecule has 1 aliphatic heterocycles. The molecule has 0 bridgehead atoms. The van der Waals surface area contributed by atoms with Crippen molar-refractivity contribution in [1.82, 2.24) is 10.6 Å². The van der Waals surface area contributed by atoms with Gasteiger partial charge >= 0.3 is 5.97 Å². The molecule has 0 aromatic heterocycles. The molecule has 2 N–H and O–H groups in total. The average molecular weight is 531 g/mol. The molecular weight excluding hydrogens is 493 g/mol. The van der Waals surface area contributed by atoms with Crippen LogP contribution in [0.1, 0.15) is 62.7 Å². The summed E-state index contributed by atoms with van der Waals surface area (Å²) in [6.07, 6.45) is 5.69. The number of nitrogens with zero attached hydrogens (tertiary/aromatic N) is 1. The molecule has 1 fully saturated rings. The van der Waals surface area contributed by atoms with Crippen molar-refractivity contribution < 1.29 is 14.3 Å². The number of ether oxygens (including phenoxy) is 2. The van der Waals surface area contributed by atoms with E-state index in [0.29, 0.717) is 12.3 Å². The molecule has 0 saturated carbocycles. The summed E-state index contributed by atoms with van der Waals surface area (Å²) >= 11 is 0. The maximum Gasteiger partial charge on any atom is 0.305 e. The lowest BCUT2D eigenvalue weighted by Crippen LogP contribution is -2.38. The summed E-state index contributed by atoms with van der Waals surface area (Å²) in [6.45, 7) is 7.43. The smallest absolute Gasteiger partial charge is 0.305 e. The molecule has 1 aromatic carbocycles. The number of guanidine groups is 1. The van der Waals surface area contributed by atoms with Gasteiger partial charge in [0.2, 0.25) is 0 Å². The summed E-state index contributed by atoms with van der Waals surface area (Å²) in [5.74, 6) is 1.11. The van der Waals surface area contributed by atoms with Crippen molar-refractivity contribution in [1.29, 1.82) is 0 Å². The minimum atomic E-state index is -0.134. The SMILES string of the molecule is CCNC(=NCC1CCCOC1c1ccc(C)cc1)NCCCCCC(=O)OC.I. The van der Waals surface area contributed by atoms with E-state index in [9.17, 15) is 4.79 Å². The molecule has 1 aromatic rings. The molecule has 0 aliphatic carbocycles. The highest BCUT2D eigenvalue weighted by atomic mass is 127. The molecule has 2 atom stereocenters. The Morgan fingerprint density at radius 2 is 1.97 bits per heavy atom. The van der Waals surface area contributed by atoms with E-state index in [-0.39, 0.29) is 36.0 Å². The van der Waals surface area contributed by atoms with Gasteiger partial charge < -0.3 is 20.1 Å². The van der Waals surface area contributed by atoms with E-state index in [4.69, 9.17) is 9.73 Å². The molecule has 1 aliphatic rings. The van der Waals surface area contributed by atoms with Crippen LogP contribution in [0.4, 0.5) is 0 Å². The number of methoxy groups -OCH3 is 1. The number of hydrogen-bond acceptors (Lipinski definition) is 4. The number of halogens is 1. The summed E-state index contributed by atoms with van der Waals surface area (Å²) in [5.41, 5.74) is 2.52. The zero-order chi connectivity index (χ0) is 20.9. The van der Waals surface area contributed by atoms with E-state index < -0.39 is 0 Å². The molecule has 1 saturated heterocycles. The van der Waals surface area contributed by atoms with Gasteiger partial charge in [-0.2, -0.15) is 0 Å².